The lowest BCUT2D eigenvalue weighted by Gasteiger charge is -2.23. The summed E-state index contributed by atoms with van der Waals surface area (Å²) in [5.41, 5.74) is -0.610. The summed E-state index contributed by atoms with van der Waals surface area (Å²) in [4.78, 5) is 23.3. The van der Waals surface area contributed by atoms with Crippen molar-refractivity contribution in [2.24, 2.45) is 0 Å². The molecule has 0 saturated heterocycles. The summed E-state index contributed by atoms with van der Waals surface area (Å²) < 4.78 is 20.6. The second-order valence-corrected chi connectivity index (χ2v) is 13.5. The minimum Gasteiger partial charge on any atom is -0.469 e. The monoisotopic (exact) mass is 363 g/mol. The minimum absolute atomic E-state index is 0.00461. The maximum Gasteiger partial charge on any atom is 0.407 e. The third kappa shape index (κ3) is 14.5. The van der Waals surface area contributed by atoms with Gasteiger partial charge in [0.2, 0.25) is 0 Å². The molecule has 8 heteroatoms. The summed E-state index contributed by atoms with van der Waals surface area (Å²) in [6.07, 6.45) is -0.593. The number of rotatable bonds is 10. The van der Waals surface area contributed by atoms with E-state index in [-0.39, 0.29) is 19.8 Å². The summed E-state index contributed by atoms with van der Waals surface area (Å²) in [6.45, 7) is 13.0. The first-order chi connectivity index (χ1) is 10.9. The highest BCUT2D eigenvalue weighted by molar-refractivity contribution is 6.76. The number of ether oxygens (including phenoxy) is 4. The second-order valence-electron chi connectivity index (χ2n) is 7.83. The first kappa shape index (κ1) is 22.9. The molecule has 24 heavy (non-hydrogen) atoms. The van der Waals surface area contributed by atoms with Crippen molar-refractivity contribution in [1.82, 2.24) is 5.32 Å². The highest BCUT2D eigenvalue weighted by Gasteiger charge is 2.22. The van der Waals surface area contributed by atoms with Gasteiger partial charge in [-0.25, -0.2) is 4.79 Å². The number of carbonyl (C=O) groups is 2. The number of alkyl carbamates (subject to hydrolysis) is 1. The number of methoxy groups -OCH3 is 1. The molecule has 0 spiro atoms. The Morgan fingerprint density at radius 1 is 1.12 bits per heavy atom. The summed E-state index contributed by atoms with van der Waals surface area (Å²) >= 11 is 0. The average molecular weight is 364 g/mol. The van der Waals surface area contributed by atoms with E-state index in [2.05, 4.69) is 29.7 Å². The van der Waals surface area contributed by atoms with Crippen molar-refractivity contribution in [1.29, 1.82) is 0 Å². The van der Waals surface area contributed by atoms with Gasteiger partial charge < -0.3 is 24.3 Å². The van der Waals surface area contributed by atoms with Gasteiger partial charge in [-0.15, -0.1) is 0 Å². The van der Waals surface area contributed by atoms with Gasteiger partial charge in [0.1, 0.15) is 12.4 Å². The Hall–Kier alpha value is -1.12. The van der Waals surface area contributed by atoms with E-state index in [0.717, 1.165) is 6.04 Å². The van der Waals surface area contributed by atoms with E-state index < -0.39 is 31.8 Å². The standard InChI is InChI=1S/C16H33NO6Si/c1-16(2,3)23-15(19)17-13(10-14(18)20-4)11-22-12-21-8-9-24(5,6)7/h13H,8-12H2,1-7H3,(H,17,19)/t13-/m0/s1. The third-order valence-corrected chi connectivity index (χ3v) is 4.55. The maximum atomic E-state index is 11.8. The number of hydrogen-bond donors (Lipinski definition) is 1. The molecule has 0 aliphatic rings. The molecule has 142 valence electrons. The Morgan fingerprint density at radius 3 is 2.25 bits per heavy atom. The number of amides is 1. The molecule has 0 aromatic rings. The zero-order chi connectivity index (χ0) is 18.8. The number of carbonyl (C=O) groups excluding carboxylic acids is 2. The van der Waals surface area contributed by atoms with Crippen LogP contribution in [-0.4, -0.2) is 58.9 Å². The molecule has 0 radical (unpaired) electrons. The van der Waals surface area contributed by atoms with Crippen LogP contribution in [0.5, 0.6) is 0 Å². The van der Waals surface area contributed by atoms with E-state index >= 15 is 0 Å². The summed E-state index contributed by atoms with van der Waals surface area (Å²) in [6, 6.07) is 0.519. The summed E-state index contributed by atoms with van der Waals surface area (Å²) in [5.74, 6) is -0.431. The molecule has 0 unspecified atom stereocenters. The second kappa shape index (κ2) is 10.7. The van der Waals surface area contributed by atoms with Crippen LogP contribution < -0.4 is 5.32 Å². The van der Waals surface area contributed by atoms with Crippen molar-refractivity contribution >= 4 is 20.1 Å². The highest BCUT2D eigenvalue weighted by atomic mass is 28.3. The van der Waals surface area contributed by atoms with Crippen molar-refractivity contribution in [2.75, 3.05) is 27.1 Å². The lowest BCUT2D eigenvalue weighted by Crippen LogP contribution is -2.43. The first-order valence-corrected chi connectivity index (χ1v) is 11.9. The highest BCUT2D eigenvalue weighted by Crippen LogP contribution is 2.08. The molecule has 0 aromatic carbocycles. The van der Waals surface area contributed by atoms with Crippen LogP contribution in [0, 0.1) is 0 Å². The smallest absolute Gasteiger partial charge is 0.407 e. The predicted molar refractivity (Wildman–Crippen MR) is 94.7 cm³/mol. The zero-order valence-corrected chi connectivity index (χ0v) is 17.1. The van der Waals surface area contributed by atoms with Gasteiger partial charge in [0.05, 0.1) is 26.2 Å². The molecule has 0 fully saturated rings. The summed E-state index contributed by atoms with van der Waals surface area (Å²) in [5, 5.41) is 2.62. The molecule has 0 saturated carbocycles. The fraction of sp³-hybridized carbons (Fsp3) is 0.875. The van der Waals surface area contributed by atoms with Crippen LogP contribution in [-0.2, 0) is 23.7 Å². The normalized spacial score (nSPS) is 13.3. The molecule has 0 bridgehead atoms. The quantitative estimate of drug-likeness (QED) is 0.278. The topological polar surface area (TPSA) is 83.1 Å². The number of hydrogen-bond acceptors (Lipinski definition) is 6. The molecular weight excluding hydrogens is 330 g/mol. The Labute approximate surface area is 146 Å². The van der Waals surface area contributed by atoms with Crippen molar-refractivity contribution in [2.45, 2.75) is 64.5 Å². The van der Waals surface area contributed by atoms with E-state index in [0.29, 0.717) is 6.61 Å². The predicted octanol–water partition coefficient (Wildman–Crippen LogP) is 2.77. The molecule has 0 aliphatic carbocycles. The van der Waals surface area contributed by atoms with Crippen molar-refractivity contribution in [3.8, 4) is 0 Å². The summed E-state index contributed by atoms with van der Waals surface area (Å²) in [7, 11) is 0.173. The van der Waals surface area contributed by atoms with Crippen LogP contribution in [0.1, 0.15) is 27.2 Å². The van der Waals surface area contributed by atoms with Crippen LogP contribution in [0.3, 0.4) is 0 Å². The maximum absolute atomic E-state index is 11.8. The molecule has 0 aromatic heterocycles. The van der Waals surface area contributed by atoms with Gasteiger partial charge in [-0.05, 0) is 26.8 Å². The molecule has 1 atom stereocenters. The molecule has 0 rings (SSSR count). The van der Waals surface area contributed by atoms with Crippen LogP contribution in [0.2, 0.25) is 25.7 Å². The Bertz CT molecular complexity index is 389. The van der Waals surface area contributed by atoms with Crippen molar-refractivity contribution < 1.29 is 28.5 Å². The van der Waals surface area contributed by atoms with Crippen molar-refractivity contribution in [3.05, 3.63) is 0 Å². The lowest BCUT2D eigenvalue weighted by atomic mass is 10.2. The Morgan fingerprint density at radius 2 is 1.75 bits per heavy atom. The SMILES string of the molecule is COC(=O)C[C@@H](COCOCC[Si](C)(C)C)NC(=O)OC(C)(C)C. The van der Waals surface area contributed by atoms with Gasteiger partial charge in [0, 0.05) is 14.7 Å². The van der Waals surface area contributed by atoms with Gasteiger partial charge in [0.25, 0.3) is 0 Å². The molecule has 1 N–H and O–H groups in total. The number of esters is 1. The largest absolute Gasteiger partial charge is 0.469 e. The van der Waals surface area contributed by atoms with Gasteiger partial charge in [-0.3, -0.25) is 4.79 Å². The molecule has 7 nitrogen and oxygen atoms in total. The molecule has 1 amide bonds. The van der Waals surface area contributed by atoms with E-state index in [1.165, 1.54) is 7.11 Å². The molecular formula is C16H33NO6Si. The van der Waals surface area contributed by atoms with E-state index in [1.807, 2.05) is 0 Å². The average Bonchev–Trinajstić information content (AvgIpc) is 2.38. The van der Waals surface area contributed by atoms with Crippen LogP contribution in [0.25, 0.3) is 0 Å². The molecule has 0 heterocycles. The van der Waals surface area contributed by atoms with E-state index in [9.17, 15) is 9.59 Å². The lowest BCUT2D eigenvalue weighted by molar-refractivity contribution is -0.142. The van der Waals surface area contributed by atoms with Gasteiger partial charge in [0.15, 0.2) is 0 Å². The van der Waals surface area contributed by atoms with Crippen LogP contribution in [0.15, 0.2) is 0 Å². The number of nitrogens with one attached hydrogen (secondary N) is 1. The fourth-order valence-electron chi connectivity index (χ4n) is 1.60. The molecule has 0 aliphatic heterocycles. The van der Waals surface area contributed by atoms with E-state index in [1.54, 1.807) is 20.8 Å². The third-order valence-electron chi connectivity index (χ3n) is 2.84. The van der Waals surface area contributed by atoms with Gasteiger partial charge in [-0.2, -0.15) is 0 Å². The van der Waals surface area contributed by atoms with Crippen LogP contribution >= 0.6 is 0 Å². The van der Waals surface area contributed by atoms with Crippen molar-refractivity contribution in [3.63, 3.8) is 0 Å². The Kier molecular flexibility index (Phi) is 10.2. The first-order valence-electron chi connectivity index (χ1n) is 8.15. The zero-order valence-electron chi connectivity index (χ0n) is 16.1. The fourth-order valence-corrected chi connectivity index (χ4v) is 2.35. The van der Waals surface area contributed by atoms with Crippen LogP contribution in [0.4, 0.5) is 4.79 Å². The minimum atomic E-state index is -1.13. The Balaban J connectivity index is 4.22. The van der Waals surface area contributed by atoms with E-state index in [4.69, 9.17) is 14.2 Å². The van der Waals surface area contributed by atoms with Gasteiger partial charge in [-0.1, -0.05) is 19.6 Å². The van der Waals surface area contributed by atoms with Gasteiger partial charge >= 0.3 is 12.1 Å².